The van der Waals surface area contributed by atoms with Crippen LogP contribution in [0.2, 0.25) is 0 Å². The molecule has 0 aliphatic rings. The van der Waals surface area contributed by atoms with Crippen molar-refractivity contribution in [3.8, 4) is 0 Å². The molecule has 0 saturated carbocycles. The topological polar surface area (TPSA) is 12.0 Å². The van der Waals surface area contributed by atoms with Gasteiger partial charge < -0.3 is 5.32 Å². The van der Waals surface area contributed by atoms with E-state index in [1.165, 1.54) is 10.5 Å². The molecule has 1 rings (SSSR count). The van der Waals surface area contributed by atoms with Gasteiger partial charge in [-0.15, -0.1) is 11.8 Å². The van der Waals surface area contributed by atoms with E-state index in [0.717, 1.165) is 11.0 Å². The van der Waals surface area contributed by atoms with E-state index in [1.807, 2.05) is 0 Å². The van der Waals surface area contributed by atoms with Gasteiger partial charge in [-0.2, -0.15) is 0 Å². The summed E-state index contributed by atoms with van der Waals surface area (Å²) < 4.78 is 1.14. The summed E-state index contributed by atoms with van der Waals surface area (Å²) in [5, 5.41) is 3.51. The highest BCUT2D eigenvalue weighted by Crippen LogP contribution is 2.24. The van der Waals surface area contributed by atoms with Crippen LogP contribution < -0.4 is 5.32 Å². The minimum Gasteiger partial charge on any atom is -0.308 e. The van der Waals surface area contributed by atoms with Crippen molar-refractivity contribution in [3.05, 3.63) is 28.2 Å². The maximum Gasteiger partial charge on any atom is 0.0221 e. The second-order valence-electron chi connectivity index (χ2n) is 4.56. The van der Waals surface area contributed by atoms with Crippen molar-refractivity contribution < 1.29 is 0 Å². The second kappa shape index (κ2) is 5.37. The van der Waals surface area contributed by atoms with Gasteiger partial charge in [0, 0.05) is 21.5 Å². The summed E-state index contributed by atoms with van der Waals surface area (Å²) in [6.45, 7) is 7.47. The number of rotatable bonds is 3. The Kier molecular flexibility index (Phi) is 4.68. The lowest BCUT2D eigenvalue weighted by Crippen LogP contribution is -2.35. The monoisotopic (exact) mass is 287 g/mol. The smallest absolute Gasteiger partial charge is 0.0221 e. The first kappa shape index (κ1) is 13.1. The van der Waals surface area contributed by atoms with Gasteiger partial charge >= 0.3 is 0 Å². The van der Waals surface area contributed by atoms with Gasteiger partial charge in [-0.25, -0.2) is 0 Å². The van der Waals surface area contributed by atoms with E-state index in [-0.39, 0.29) is 5.54 Å². The summed E-state index contributed by atoms with van der Waals surface area (Å²) in [4.78, 5) is 1.34. The van der Waals surface area contributed by atoms with E-state index < -0.39 is 0 Å². The Morgan fingerprint density at radius 1 is 1.33 bits per heavy atom. The highest BCUT2D eigenvalue weighted by atomic mass is 79.9. The molecule has 1 aromatic carbocycles. The number of thioether (sulfide) groups is 1. The minimum absolute atomic E-state index is 0.165. The maximum absolute atomic E-state index is 3.51. The second-order valence-corrected chi connectivity index (χ2v) is 6.32. The van der Waals surface area contributed by atoms with Crippen molar-refractivity contribution in [2.75, 3.05) is 6.26 Å². The fraction of sp³-hybridized carbons (Fsp3) is 0.500. The number of benzene rings is 1. The van der Waals surface area contributed by atoms with E-state index >= 15 is 0 Å². The largest absolute Gasteiger partial charge is 0.308 e. The zero-order valence-corrected chi connectivity index (χ0v) is 12.1. The van der Waals surface area contributed by atoms with Gasteiger partial charge in [0.15, 0.2) is 0 Å². The lowest BCUT2D eigenvalue weighted by Gasteiger charge is -2.21. The summed E-state index contributed by atoms with van der Waals surface area (Å²) >= 11 is 5.30. The fourth-order valence-electron chi connectivity index (χ4n) is 1.25. The van der Waals surface area contributed by atoms with E-state index in [4.69, 9.17) is 0 Å². The van der Waals surface area contributed by atoms with Crippen molar-refractivity contribution in [2.45, 2.75) is 37.8 Å². The van der Waals surface area contributed by atoms with Gasteiger partial charge in [-0.3, -0.25) is 0 Å². The van der Waals surface area contributed by atoms with Crippen molar-refractivity contribution in [1.82, 2.24) is 5.32 Å². The Morgan fingerprint density at radius 3 is 2.53 bits per heavy atom. The molecule has 84 valence electrons. The van der Waals surface area contributed by atoms with Crippen LogP contribution in [-0.2, 0) is 6.54 Å². The molecule has 3 heteroatoms. The molecular weight excluding hydrogens is 270 g/mol. The molecule has 15 heavy (non-hydrogen) atoms. The van der Waals surface area contributed by atoms with Gasteiger partial charge in [0.05, 0.1) is 0 Å². The molecule has 0 atom stereocenters. The Bertz CT molecular complexity index is 331. The molecule has 1 N–H and O–H groups in total. The van der Waals surface area contributed by atoms with Crippen LogP contribution in [0.4, 0.5) is 0 Å². The van der Waals surface area contributed by atoms with Crippen LogP contribution in [0.1, 0.15) is 26.3 Å². The van der Waals surface area contributed by atoms with Crippen molar-refractivity contribution >= 4 is 27.7 Å². The molecule has 0 aliphatic heterocycles. The van der Waals surface area contributed by atoms with Crippen molar-refractivity contribution in [3.63, 3.8) is 0 Å². The highest BCUT2D eigenvalue weighted by molar-refractivity contribution is 9.10. The summed E-state index contributed by atoms with van der Waals surface area (Å²) in [7, 11) is 0. The highest BCUT2D eigenvalue weighted by Gasteiger charge is 2.10. The minimum atomic E-state index is 0.165. The molecule has 0 aliphatic carbocycles. The van der Waals surface area contributed by atoms with E-state index in [0.29, 0.717) is 0 Å². The zero-order chi connectivity index (χ0) is 11.5. The lowest BCUT2D eigenvalue weighted by molar-refractivity contribution is 0.422. The molecule has 1 aromatic rings. The van der Waals surface area contributed by atoms with E-state index in [2.05, 4.69) is 66.5 Å². The SMILES string of the molecule is CSc1ccc(Br)cc1CNC(C)(C)C. The summed E-state index contributed by atoms with van der Waals surface area (Å²) in [6.07, 6.45) is 2.11. The first-order chi connectivity index (χ1) is 6.92. The standard InChI is InChI=1S/C12H18BrNS/c1-12(2,3)14-8-9-7-10(13)5-6-11(9)15-4/h5-7,14H,8H2,1-4H3. The Hall–Kier alpha value is 0.01000. The Morgan fingerprint density at radius 2 is 2.00 bits per heavy atom. The first-order valence-corrected chi connectivity index (χ1v) is 7.01. The van der Waals surface area contributed by atoms with Gasteiger partial charge in [-0.1, -0.05) is 15.9 Å². The third kappa shape index (κ3) is 4.58. The van der Waals surface area contributed by atoms with Gasteiger partial charge in [-0.05, 0) is 50.8 Å². The number of nitrogens with one attached hydrogen (secondary N) is 1. The van der Waals surface area contributed by atoms with E-state index in [1.54, 1.807) is 11.8 Å². The van der Waals surface area contributed by atoms with Crippen LogP contribution in [0, 0.1) is 0 Å². The summed E-state index contributed by atoms with van der Waals surface area (Å²) in [6, 6.07) is 6.44. The maximum atomic E-state index is 3.51. The zero-order valence-electron chi connectivity index (χ0n) is 9.73. The van der Waals surface area contributed by atoms with Crippen LogP contribution in [0.15, 0.2) is 27.6 Å². The number of hydrogen-bond acceptors (Lipinski definition) is 2. The summed E-state index contributed by atoms with van der Waals surface area (Å²) in [5.41, 5.74) is 1.52. The van der Waals surface area contributed by atoms with Crippen LogP contribution in [-0.4, -0.2) is 11.8 Å². The average Bonchev–Trinajstić information content (AvgIpc) is 2.14. The molecule has 0 radical (unpaired) electrons. The summed E-state index contributed by atoms with van der Waals surface area (Å²) in [5.74, 6) is 0. The third-order valence-corrected chi connectivity index (χ3v) is 3.38. The molecule has 0 unspecified atom stereocenters. The number of halogens is 1. The molecule has 0 heterocycles. The number of hydrogen-bond donors (Lipinski definition) is 1. The normalized spacial score (nSPS) is 11.8. The molecular formula is C12H18BrNS. The van der Waals surface area contributed by atoms with Gasteiger partial charge in [0.2, 0.25) is 0 Å². The molecule has 1 nitrogen and oxygen atoms in total. The van der Waals surface area contributed by atoms with E-state index in [9.17, 15) is 0 Å². The molecule has 0 fully saturated rings. The van der Waals surface area contributed by atoms with Crippen LogP contribution >= 0.6 is 27.7 Å². The predicted octanol–water partition coefficient (Wildman–Crippen LogP) is 4.06. The Balaban J connectivity index is 2.79. The molecule has 0 aromatic heterocycles. The van der Waals surface area contributed by atoms with Crippen molar-refractivity contribution in [2.24, 2.45) is 0 Å². The fourth-order valence-corrected chi connectivity index (χ4v) is 2.25. The Labute approximate surface area is 105 Å². The molecule has 0 saturated heterocycles. The van der Waals surface area contributed by atoms with Crippen LogP contribution in [0.3, 0.4) is 0 Å². The van der Waals surface area contributed by atoms with Gasteiger partial charge in [0.25, 0.3) is 0 Å². The van der Waals surface area contributed by atoms with Crippen LogP contribution in [0.25, 0.3) is 0 Å². The lowest BCUT2D eigenvalue weighted by atomic mass is 10.1. The average molecular weight is 288 g/mol. The third-order valence-electron chi connectivity index (χ3n) is 2.05. The molecule has 0 bridgehead atoms. The van der Waals surface area contributed by atoms with Crippen LogP contribution in [0.5, 0.6) is 0 Å². The quantitative estimate of drug-likeness (QED) is 0.842. The first-order valence-electron chi connectivity index (χ1n) is 5.00. The molecule has 0 amide bonds. The molecule has 0 spiro atoms. The van der Waals surface area contributed by atoms with Gasteiger partial charge in [0.1, 0.15) is 0 Å². The predicted molar refractivity (Wildman–Crippen MR) is 72.5 cm³/mol. The van der Waals surface area contributed by atoms with Crippen molar-refractivity contribution in [1.29, 1.82) is 0 Å².